The molecular formula is C24H31FN2O2. The molecule has 156 valence electrons. The molecule has 0 aliphatic rings. The Morgan fingerprint density at radius 1 is 1.03 bits per heavy atom. The summed E-state index contributed by atoms with van der Waals surface area (Å²) in [5, 5.41) is 2.99. The minimum Gasteiger partial charge on any atom is -0.350 e. The third-order valence-corrected chi connectivity index (χ3v) is 4.53. The first-order chi connectivity index (χ1) is 13.7. The Kier molecular flexibility index (Phi) is 7.94. The topological polar surface area (TPSA) is 49.4 Å². The van der Waals surface area contributed by atoms with E-state index in [1.807, 2.05) is 58.0 Å². The lowest BCUT2D eigenvalue weighted by molar-refractivity contribution is -0.142. The predicted molar refractivity (Wildman–Crippen MR) is 114 cm³/mol. The van der Waals surface area contributed by atoms with Gasteiger partial charge in [0.15, 0.2) is 0 Å². The molecule has 2 aromatic rings. The van der Waals surface area contributed by atoms with Crippen LogP contribution in [0.5, 0.6) is 0 Å². The Bertz CT molecular complexity index is 815. The molecule has 2 aromatic carbocycles. The lowest BCUT2D eigenvalue weighted by Crippen LogP contribution is -2.54. The number of halogens is 1. The highest BCUT2D eigenvalue weighted by molar-refractivity contribution is 5.88. The van der Waals surface area contributed by atoms with Gasteiger partial charge in [0.05, 0.1) is 0 Å². The average molecular weight is 399 g/mol. The second kappa shape index (κ2) is 10.2. The molecule has 0 saturated carbocycles. The number of nitrogens with zero attached hydrogens (tertiary/aromatic N) is 1. The van der Waals surface area contributed by atoms with Gasteiger partial charge >= 0.3 is 0 Å². The van der Waals surface area contributed by atoms with Crippen LogP contribution < -0.4 is 5.32 Å². The van der Waals surface area contributed by atoms with E-state index < -0.39 is 11.6 Å². The minimum atomic E-state index is -0.727. The summed E-state index contributed by atoms with van der Waals surface area (Å²) in [7, 11) is 0. The van der Waals surface area contributed by atoms with Crippen molar-refractivity contribution in [2.45, 2.75) is 65.1 Å². The summed E-state index contributed by atoms with van der Waals surface area (Å²) >= 11 is 0. The summed E-state index contributed by atoms with van der Waals surface area (Å²) in [6, 6.07) is 15.2. The molecule has 0 aliphatic heterocycles. The van der Waals surface area contributed by atoms with Crippen LogP contribution in [0.3, 0.4) is 0 Å². The van der Waals surface area contributed by atoms with Gasteiger partial charge in [0.1, 0.15) is 11.9 Å². The van der Waals surface area contributed by atoms with E-state index in [1.54, 1.807) is 18.2 Å². The summed E-state index contributed by atoms with van der Waals surface area (Å²) in [6.07, 6.45) is 1.33. The number of nitrogens with one attached hydrogen (secondary N) is 1. The summed E-state index contributed by atoms with van der Waals surface area (Å²) in [5.41, 5.74) is 0.909. The molecule has 0 aliphatic carbocycles. The first kappa shape index (κ1) is 22.6. The highest BCUT2D eigenvalue weighted by Gasteiger charge is 2.32. The van der Waals surface area contributed by atoms with E-state index in [0.29, 0.717) is 24.8 Å². The zero-order valence-electron chi connectivity index (χ0n) is 17.7. The normalized spacial score (nSPS) is 12.3. The monoisotopic (exact) mass is 398 g/mol. The SMILES string of the molecule is CCCC(=O)N(Cc1ccccc1F)[C@H](Cc1ccccc1)C(=O)NC(C)(C)C. The van der Waals surface area contributed by atoms with E-state index in [-0.39, 0.29) is 24.2 Å². The Labute approximate surface area is 173 Å². The van der Waals surface area contributed by atoms with Gasteiger partial charge in [-0.3, -0.25) is 9.59 Å². The van der Waals surface area contributed by atoms with Crippen LogP contribution in [0.2, 0.25) is 0 Å². The van der Waals surface area contributed by atoms with Crippen LogP contribution >= 0.6 is 0 Å². The van der Waals surface area contributed by atoms with Crippen LogP contribution in [0.15, 0.2) is 54.6 Å². The minimum absolute atomic E-state index is 0.0561. The molecule has 0 spiro atoms. The summed E-state index contributed by atoms with van der Waals surface area (Å²) < 4.78 is 14.3. The second-order valence-electron chi connectivity index (χ2n) is 8.31. The number of amides is 2. The lowest BCUT2D eigenvalue weighted by Gasteiger charge is -2.34. The molecule has 29 heavy (non-hydrogen) atoms. The fourth-order valence-corrected chi connectivity index (χ4v) is 3.17. The second-order valence-corrected chi connectivity index (χ2v) is 8.31. The Morgan fingerprint density at radius 2 is 1.66 bits per heavy atom. The van der Waals surface area contributed by atoms with Crippen molar-refractivity contribution < 1.29 is 14.0 Å². The summed E-state index contributed by atoms with van der Waals surface area (Å²) in [5.74, 6) is -0.764. The molecule has 0 bridgehead atoms. The summed E-state index contributed by atoms with van der Waals surface area (Å²) in [6.45, 7) is 7.68. The van der Waals surface area contributed by atoms with Crippen molar-refractivity contribution in [1.82, 2.24) is 10.2 Å². The maximum atomic E-state index is 14.3. The van der Waals surface area contributed by atoms with Crippen LogP contribution in [0.1, 0.15) is 51.7 Å². The van der Waals surface area contributed by atoms with E-state index >= 15 is 0 Å². The molecule has 5 heteroatoms. The molecule has 4 nitrogen and oxygen atoms in total. The van der Waals surface area contributed by atoms with E-state index in [9.17, 15) is 14.0 Å². The van der Waals surface area contributed by atoms with Gasteiger partial charge in [-0.2, -0.15) is 0 Å². The number of carbonyl (C=O) groups is 2. The maximum Gasteiger partial charge on any atom is 0.243 e. The van der Waals surface area contributed by atoms with Gasteiger partial charge in [-0.15, -0.1) is 0 Å². The number of benzene rings is 2. The standard InChI is InChI=1S/C24H31FN2O2/c1-5-11-22(28)27(17-19-14-9-10-15-20(19)25)21(23(29)26-24(2,3)4)16-18-12-7-6-8-13-18/h6-10,12-15,21H,5,11,16-17H2,1-4H3,(H,26,29)/t21-/m1/s1. The maximum absolute atomic E-state index is 14.3. The van der Waals surface area contributed by atoms with Gasteiger partial charge in [-0.1, -0.05) is 55.5 Å². The highest BCUT2D eigenvalue weighted by Crippen LogP contribution is 2.18. The molecule has 0 heterocycles. The average Bonchev–Trinajstić information content (AvgIpc) is 2.65. The van der Waals surface area contributed by atoms with Crippen LogP contribution in [-0.2, 0) is 22.6 Å². The van der Waals surface area contributed by atoms with Gasteiger partial charge in [-0.05, 0) is 38.8 Å². The quantitative estimate of drug-likeness (QED) is 0.713. The number of rotatable bonds is 8. The van der Waals surface area contributed by atoms with E-state index in [2.05, 4.69) is 5.32 Å². The van der Waals surface area contributed by atoms with E-state index in [1.165, 1.54) is 11.0 Å². The van der Waals surface area contributed by atoms with Gasteiger partial charge in [-0.25, -0.2) is 4.39 Å². The first-order valence-electron chi connectivity index (χ1n) is 10.1. The third-order valence-electron chi connectivity index (χ3n) is 4.53. The largest absolute Gasteiger partial charge is 0.350 e. The van der Waals surface area contributed by atoms with E-state index in [0.717, 1.165) is 5.56 Å². The van der Waals surface area contributed by atoms with Crippen molar-refractivity contribution in [1.29, 1.82) is 0 Å². The van der Waals surface area contributed by atoms with Gasteiger partial charge in [0, 0.05) is 30.5 Å². The van der Waals surface area contributed by atoms with Crippen molar-refractivity contribution >= 4 is 11.8 Å². The molecule has 1 N–H and O–H groups in total. The Balaban J connectivity index is 2.41. The molecule has 0 radical (unpaired) electrons. The van der Waals surface area contributed by atoms with Gasteiger partial charge in [0.25, 0.3) is 0 Å². The first-order valence-corrected chi connectivity index (χ1v) is 10.1. The predicted octanol–water partition coefficient (Wildman–Crippen LogP) is 4.48. The van der Waals surface area contributed by atoms with Crippen molar-refractivity contribution in [2.75, 3.05) is 0 Å². The van der Waals surface area contributed by atoms with E-state index in [4.69, 9.17) is 0 Å². The van der Waals surface area contributed by atoms with Crippen molar-refractivity contribution in [2.24, 2.45) is 0 Å². The Morgan fingerprint density at radius 3 is 2.24 bits per heavy atom. The molecule has 0 unspecified atom stereocenters. The molecular weight excluding hydrogens is 367 g/mol. The van der Waals surface area contributed by atoms with Crippen molar-refractivity contribution in [3.63, 3.8) is 0 Å². The smallest absolute Gasteiger partial charge is 0.243 e. The van der Waals surface area contributed by atoms with Gasteiger partial charge < -0.3 is 10.2 Å². The van der Waals surface area contributed by atoms with Crippen LogP contribution in [-0.4, -0.2) is 28.3 Å². The van der Waals surface area contributed by atoms with Crippen molar-refractivity contribution in [3.8, 4) is 0 Å². The highest BCUT2D eigenvalue weighted by atomic mass is 19.1. The van der Waals surface area contributed by atoms with Gasteiger partial charge in [0.2, 0.25) is 11.8 Å². The fourth-order valence-electron chi connectivity index (χ4n) is 3.17. The zero-order valence-corrected chi connectivity index (χ0v) is 17.7. The van der Waals surface area contributed by atoms with Crippen LogP contribution in [0, 0.1) is 5.82 Å². The lowest BCUT2D eigenvalue weighted by atomic mass is 10.00. The van der Waals surface area contributed by atoms with Crippen LogP contribution in [0.4, 0.5) is 4.39 Å². The number of carbonyl (C=O) groups excluding carboxylic acids is 2. The number of hydrogen-bond donors (Lipinski definition) is 1. The molecule has 0 saturated heterocycles. The molecule has 2 amide bonds. The zero-order chi connectivity index (χ0) is 21.4. The molecule has 0 fully saturated rings. The third kappa shape index (κ3) is 7.00. The van der Waals surface area contributed by atoms with Crippen molar-refractivity contribution in [3.05, 3.63) is 71.5 Å². The molecule has 0 aromatic heterocycles. The van der Waals surface area contributed by atoms with Crippen LogP contribution in [0.25, 0.3) is 0 Å². The molecule has 1 atom stereocenters. The summed E-state index contributed by atoms with van der Waals surface area (Å²) in [4.78, 5) is 27.7. The fraction of sp³-hybridized carbons (Fsp3) is 0.417. The Hall–Kier alpha value is -2.69. The molecule has 2 rings (SSSR count). The number of hydrogen-bond acceptors (Lipinski definition) is 2.